The number of benzene rings is 2. The van der Waals surface area contributed by atoms with Crippen LogP contribution in [0.5, 0.6) is 11.5 Å². The molecule has 3 N–H and O–H groups in total. The number of rotatable bonds is 6. The second kappa shape index (κ2) is 9.04. The third kappa shape index (κ3) is 4.80. The largest absolute Gasteiger partial charge is 0.573 e. The average molecular weight is 482 g/mol. The van der Waals surface area contributed by atoms with Crippen LogP contribution >= 0.6 is 0 Å². The van der Waals surface area contributed by atoms with Crippen LogP contribution in [0.4, 0.5) is 17.6 Å². The zero-order valence-corrected chi connectivity index (χ0v) is 17.7. The van der Waals surface area contributed by atoms with Gasteiger partial charge in [0, 0.05) is 16.6 Å². The number of aromatic hydroxyl groups is 1. The predicted octanol–water partition coefficient (Wildman–Crippen LogP) is 3.69. The second-order valence-electron chi connectivity index (χ2n) is 7.34. The molecule has 1 unspecified atom stereocenters. The number of carboxylic acids is 1. The number of halogens is 4. The van der Waals surface area contributed by atoms with Crippen LogP contribution in [0.15, 0.2) is 36.4 Å². The van der Waals surface area contributed by atoms with Crippen molar-refractivity contribution in [3.8, 4) is 11.5 Å². The average Bonchev–Trinajstić information content (AvgIpc) is 3.05. The van der Waals surface area contributed by atoms with E-state index in [2.05, 4.69) is 10.1 Å². The van der Waals surface area contributed by atoms with Crippen molar-refractivity contribution in [2.75, 3.05) is 6.54 Å². The fraction of sp³-hybridized carbons (Fsp3) is 0.227. The standard InChI is InChI=1S/C22H18F4N2O6/c1-10(20(32)27-9-16(30)31)17-11(2)28(14-7-8-15(29)19(23)18(14)17)21(33)12-3-5-13(6-4-12)34-22(24,25)26/h3-8,10,29H,9H2,1-2H3,(H,27,32)(H,30,31). The van der Waals surface area contributed by atoms with Gasteiger partial charge >= 0.3 is 12.3 Å². The number of phenols is 1. The van der Waals surface area contributed by atoms with E-state index in [1.165, 1.54) is 19.9 Å². The maximum atomic E-state index is 14.9. The summed E-state index contributed by atoms with van der Waals surface area (Å²) < 4.78 is 57.0. The highest BCUT2D eigenvalue weighted by molar-refractivity contribution is 6.06. The number of aliphatic carboxylic acids is 1. The number of carboxylic acid groups (broad SMARTS) is 1. The number of nitrogens with one attached hydrogen (secondary N) is 1. The molecule has 0 aliphatic rings. The van der Waals surface area contributed by atoms with Crippen LogP contribution in [-0.4, -0.2) is 45.5 Å². The number of nitrogens with zero attached hydrogens (tertiary/aromatic N) is 1. The number of aromatic nitrogens is 1. The minimum atomic E-state index is -4.91. The van der Waals surface area contributed by atoms with Gasteiger partial charge in [-0.2, -0.15) is 0 Å². The van der Waals surface area contributed by atoms with Crippen molar-refractivity contribution in [1.29, 1.82) is 0 Å². The van der Waals surface area contributed by atoms with Gasteiger partial charge < -0.3 is 20.3 Å². The summed E-state index contributed by atoms with van der Waals surface area (Å²) in [6.45, 7) is 2.12. The molecule has 3 rings (SSSR count). The summed E-state index contributed by atoms with van der Waals surface area (Å²) in [5.41, 5.74) is 0.105. The second-order valence-corrected chi connectivity index (χ2v) is 7.34. The van der Waals surface area contributed by atoms with Gasteiger partial charge in [-0.3, -0.25) is 19.0 Å². The summed E-state index contributed by atoms with van der Waals surface area (Å²) in [7, 11) is 0. The molecule has 180 valence electrons. The molecule has 1 atom stereocenters. The van der Waals surface area contributed by atoms with Crippen LogP contribution in [0.1, 0.15) is 34.5 Å². The van der Waals surface area contributed by atoms with Crippen LogP contribution in [-0.2, 0) is 9.59 Å². The van der Waals surface area contributed by atoms with Crippen molar-refractivity contribution in [2.24, 2.45) is 0 Å². The molecule has 0 aliphatic carbocycles. The molecular formula is C22H18F4N2O6. The van der Waals surface area contributed by atoms with Crippen molar-refractivity contribution in [2.45, 2.75) is 26.1 Å². The van der Waals surface area contributed by atoms with Gasteiger partial charge in [-0.25, -0.2) is 4.39 Å². The Morgan fingerprint density at radius 3 is 2.29 bits per heavy atom. The summed E-state index contributed by atoms with van der Waals surface area (Å²) in [6.07, 6.45) is -4.91. The SMILES string of the molecule is Cc1c(C(C)C(=O)NCC(=O)O)c2c(F)c(O)ccc2n1C(=O)c1ccc(OC(F)(F)F)cc1. The van der Waals surface area contributed by atoms with Crippen molar-refractivity contribution >= 4 is 28.7 Å². The Labute approximate surface area is 189 Å². The molecule has 0 saturated carbocycles. The molecule has 0 fully saturated rings. The fourth-order valence-electron chi connectivity index (χ4n) is 3.65. The maximum absolute atomic E-state index is 14.9. The smallest absolute Gasteiger partial charge is 0.505 e. The topological polar surface area (TPSA) is 118 Å². The van der Waals surface area contributed by atoms with Gasteiger partial charge in [0.15, 0.2) is 11.6 Å². The predicted molar refractivity (Wildman–Crippen MR) is 110 cm³/mol. The molecule has 2 aromatic carbocycles. The first-order valence-corrected chi connectivity index (χ1v) is 9.74. The molecule has 0 radical (unpaired) electrons. The molecule has 0 aliphatic heterocycles. The Kier molecular flexibility index (Phi) is 6.53. The fourth-order valence-corrected chi connectivity index (χ4v) is 3.65. The molecule has 0 bridgehead atoms. The van der Waals surface area contributed by atoms with E-state index in [1.807, 2.05) is 0 Å². The molecule has 8 nitrogen and oxygen atoms in total. The minimum Gasteiger partial charge on any atom is -0.505 e. The number of ether oxygens (including phenoxy) is 1. The lowest BCUT2D eigenvalue weighted by molar-refractivity contribution is -0.274. The van der Waals surface area contributed by atoms with E-state index in [9.17, 15) is 37.1 Å². The van der Waals surface area contributed by atoms with E-state index < -0.39 is 53.9 Å². The number of hydrogen-bond donors (Lipinski definition) is 3. The van der Waals surface area contributed by atoms with E-state index in [0.29, 0.717) is 0 Å². The Morgan fingerprint density at radius 2 is 1.74 bits per heavy atom. The first-order valence-electron chi connectivity index (χ1n) is 9.74. The van der Waals surface area contributed by atoms with E-state index in [4.69, 9.17) is 5.11 Å². The van der Waals surface area contributed by atoms with E-state index >= 15 is 0 Å². The molecule has 3 aromatic rings. The highest BCUT2D eigenvalue weighted by atomic mass is 19.4. The minimum absolute atomic E-state index is 0.00121. The third-order valence-corrected chi connectivity index (χ3v) is 5.11. The summed E-state index contributed by atoms with van der Waals surface area (Å²) in [4.78, 5) is 36.5. The number of alkyl halides is 3. The molecule has 0 spiro atoms. The third-order valence-electron chi connectivity index (χ3n) is 5.11. The molecule has 1 amide bonds. The number of amides is 1. The Hall–Kier alpha value is -4.09. The zero-order valence-electron chi connectivity index (χ0n) is 17.7. The van der Waals surface area contributed by atoms with Crippen LogP contribution in [0, 0.1) is 12.7 Å². The van der Waals surface area contributed by atoms with Gasteiger partial charge in [-0.15, -0.1) is 13.2 Å². The van der Waals surface area contributed by atoms with Crippen molar-refractivity contribution < 1.29 is 46.9 Å². The summed E-state index contributed by atoms with van der Waals surface area (Å²) >= 11 is 0. The lowest BCUT2D eigenvalue weighted by Gasteiger charge is -2.13. The molecule has 1 heterocycles. The van der Waals surface area contributed by atoms with Gasteiger partial charge in [-0.1, -0.05) is 0 Å². The van der Waals surface area contributed by atoms with Gasteiger partial charge in [0.25, 0.3) is 5.91 Å². The van der Waals surface area contributed by atoms with Gasteiger partial charge in [-0.05, 0) is 55.8 Å². The lowest BCUT2D eigenvalue weighted by Crippen LogP contribution is -2.32. The Balaban J connectivity index is 2.11. The van der Waals surface area contributed by atoms with Crippen molar-refractivity contribution in [1.82, 2.24) is 9.88 Å². The van der Waals surface area contributed by atoms with E-state index in [0.717, 1.165) is 34.9 Å². The van der Waals surface area contributed by atoms with Crippen LogP contribution < -0.4 is 10.1 Å². The van der Waals surface area contributed by atoms with E-state index in [1.54, 1.807) is 0 Å². The molecular weight excluding hydrogens is 464 g/mol. The lowest BCUT2D eigenvalue weighted by atomic mass is 9.96. The Morgan fingerprint density at radius 1 is 1.12 bits per heavy atom. The normalized spacial score (nSPS) is 12.4. The van der Waals surface area contributed by atoms with Crippen LogP contribution in [0.25, 0.3) is 10.9 Å². The quantitative estimate of drug-likeness (QED) is 0.462. The number of fused-ring (bicyclic) bond motifs is 1. The molecule has 34 heavy (non-hydrogen) atoms. The number of phenolic OH excluding ortho intramolecular Hbond substituents is 1. The van der Waals surface area contributed by atoms with Crippen molar-refractivity contribution in [3.63, 3.8) is 0 Å². The zero-order chi connectivity index (χ0) is 25.4. The summed E-state index contributed by atoms with van der Waals surface area (Å²) in [5, 5.41) is 20.6. The summed E-state index contributed by atoms with van der Waals surface area (Å²) in [5.74, 6) is -6.27. The highest BCUT2D eigenvalue weighted by Crippen LogP contribution is 2.37. The first kappa shape index (κ1) is 24.6. The van der Waals surface area contributed by atoms with Crippen LogP contribution in [0.2, 0.25) is 0 Å². The molecule has 0 saturated heterocycles. The number of carbonyl (C=O) groups is 3. The number of carbonyl (C=O) groups excluding carboxylic acids is 2. The van der Waals surface area contributed by atoms with Crippen molar-refractivity contribution in [3.05, 3.63) is 59.0 Å². The van der Waals surface area contributed by atoms with Crippen LogP contribution in [0.3, 0.4) is 0 Å². The highest BCUT2D eigenvalue weighted by Gasteiger charge is 2.32. The maximum Gasteiger partial charge on any atom is 0.573 e. The van der Waals surface area contributed by atoms with Gasteiger partial charge in [0.2, 0.25) is 5.91 Å². The summed E-state index contributed by atoms with van der Waals surface area (Å²) in [6, 6.07) is 6.33. The van der Waals surface area contributed by atoms with Gasteiger partial charge in [0.1, 0.15) is 12.3 Å². The number of hydrogen-bond acceptors (Lipinski definition) is 5. The Bertz CT molecular complexity index is 1280. The molecule has 12 heteroatoms. The van der Waals surface area contributed by atoms with Gasteiger partial charge in [0.05, 0.1) is 11.4 Å². The molecule has 1 aromatic heterocycles. The monoisotopic (exact) mass is 482 g/mol. The first-order chi connectivity index (χ1) is 15.8. The van der Waals surface area contributed by atoms with E-state index in [-0.39, 0.29) is 27.7 Å².